The molecule has 22 heavy (non-hydrogen) atoms. The largest absolute Gasteiger partial charge is 0.468 e. The van der Waals surface area contributed by atoms with Gasteiger partial charge in [-0.1, -0.05) is 29.8 Å². The molecule has 1 amide bonds. The Morgan fingerprint density at radius 1 is 1.32 bits per heavy atom. The molecule has 0 N–H and O–H groups in total. The third kappa shape index (κ3) is 3.74. The van der Waals surface area contributed by atoms with Crippen LogP contribution in [0.4, 0.5) is 0 Å². The summed E-state index contributed by atoms with van der Waals surface area (Å²) in [4.78, 5) is 14.5. The molecule has 1 aliphatic rings. The van der Waals surface area contributed by atoms with Crippen LogP contribution in [0.5, 0.6) is 0 Å². The zero-order valence-electron chi connectivity index (χ0n) is 12.8. The van der Waals surface area contributed by atoms with Crippen molar-refractivity contribution in [3.63, 3.8) is 0 Å². The molecule has 0 unspecified atom stereocenters. The zero-order valence-corrected chi connectivity index (χ0v) is 13.6. The van der Waals surface area contributed by atoms with Gasteiger partial charge < -0.3 is 9.32 Å². The second-order valence-corrected chi connectivity index (χ2v) is 7.02. The van der Waals surface area contributed by atoms with Crippen LogP contribution in [0.3, 0.4) is 0 Å². The van der Waals surface area contributed by atoms with Crippen molar-refractivity contribution in [3.05, 3.63) is 59.5 Å². The summed E-state index contributed by atoms with van der Waals surface area (Å²) in [7, 11) is 0. The van der Waals surface area contributed by atoms with E-state index in [-0.39, 0.29) is 5.91 Å². The maximum Gasteiger partial charge on any atom is 0.227 e. The van der Waals surface area contributed by atoms with Gasteiger partial charge in [-0.2, -0.15) is 0 Å². The number of furan rings is 1. The van der Waals surface area contributed by atoms with Gasteiger partial charge in [0.25, 0.3) is 0 Å². The molecule has 1 saturated heterocycles. The summed E-state index contributed by atoms with van der Waals surface area (Å²) in [6.45, 7) is 3.69. The van der Waals surface area contributed by atoms with Crippen LogP contribution in [0.15, 0.2) is 47.1 Å². The van der Waals surface area contributed by atoms with Crippen molar-refractivity contribution >= 4 is 17.7 Å². The fourth-order valence-corrected chi connectivity index (χ4v) is 4.01. The fourth-order valence-electron chi connectivity index (χ4n) is 2.83. The average Bonchev–Trinajstić information content (AvgIpc) is 2.92. The van der Waals surface area contributed by atoms with E-state index < -0.39 is 0 Å². The van der Waals surface area contributed by atoms with Crippen molar-refractivity contribution < 1.29 is 9.21 Å². The lowest BCUT2D eigenvalue weighted by Crippen LogP contribution is -2.34. The van der Waals surface area contributed by atoms with E-state index in [1.54, 1.807) is 6.26 Å². The number of carbonyl (C=O) groups is 1. The number of hydrogen-bond donors (Lipinski definition) is 0. The van der Waals surface area contributed by atoms with Gasteiger partial charge in [0, 0.05) is 18.8 Å². The molecule has 2 aromatic rings. The second-order valence-electron chi connectivity index (χ2n) is 5.71. The highest BCUT2D eigenvalue weighted by Crippen LogP contribution is 2.34. The van der Waals surface area contributed by atoms with E-state index >= 15 is 0 Å². The summed E-state index contributed by atoms with van der Waals surface area (Å²) in [6.07, 6.45) is 3.18. The lowest BCUT2D eigenvalue weighted by Gasteiger charge is -2.20. The molecule has 1 fully saturated rings. The van der Waals surface area contributed by atoms with E-state index in [1.165, 1.54) is 5.56 Å². The zero-order chi connectivity index (χ0) is 15.4. The number of carbonyl (C=O) groups excluding carboxylic acids is 1. The van der Waals surface area contributed by atoms with Gasteiger partial charge in [-0.05, 0) is 31.0 Å². The Morgan fingerprint density at radius 3 is 3.00 bits per heavy atom. The van der Waals surface area contributed by atoms with E-state index in [4.69, 9.17) is 4.42 Å². The monoisotopic (exact) mass is 315 g/mol. The van der Waals surface area contributed by atoms with Crippen molar-refractivity contribution in [2.24, 2.45) is 0 Å². The minimum Gasteiger partial charge on any atom is -0.468 e. The van der Waals surface area contributed by atoms with Gasteiger partial charge in [0.2, 0.25) is 5.91 Å². The Kier molecular flexibility index (Phi) is 4.88. The summed E-state index contributed by atoms with van der Waals surface area (Å²) in [6, 6.07) is 12.2. The van der Waals surface area contributed by atoms with Crippen molar-refractivity contribution in [1.29, 1.82) is 0 Å². The van der Waals surface area contributed by atoms with Gasteiger partial charge in [0.05, 0.1) is 17.9 Å². The number of rotatable bonds is 3. The third-order valence-corrected chi connectivity index (χ3v) is 5.28. The van der Waals surface area contributed by atoms with Crippen LogP contribution in [-0.2, 0) is 11.2 Å². The van der Waals surface area contributed by atoms with Gasteiger partial charge in [0.1, 0.15) is 5.76 Å². The van der Waals surface area contributed by atoms with Crippen LogP contribution >= 0.6 is 11.8 Å². The molecule has 1 atom stereocenters. The second kappa shape index (κ2) is 7.05. The van der Waals surface area contributed by atoms with Crippen LogP contribution in [0.1, 0.15) is 28.6 Å². The van der Waals surface area contributed by atoms with E-state index in [9.17, 15) is 4.79 Å². The van der Waals surface area contributed by atoms with Gasteiger partial charge in [-0.3, -0.25) is 4.79 Å². The Hall–Kier alpha value is -1.68. The minimum atomic E-state index is 0.228. The summed E-state index contributed by atoms with van der Waals surface area (Å²) in [5, 5.41) is 0.367. The quantitative estimate of drug-likeness (QED) is 0.863. The molecular formula is C18H21NO2S. The van der Waals surface area contributed by atoms with Crippen molar-refractivity contribution in [1.82, 2.24) is 4.90 Å². The smallest absolute Gasteiger partial charge is 0.227 e. The Labute approximate surface area is 135 Å². The average molecular weight is 315 g/mol. The number of thioether (sulfide) groups is 1. The Bertz CT molecular complexity index is 624. The molecule has 0 spiro atoms. The molecule has 2 heterocycles. The molecular weight excluding hydrogens is 294 g/mol. The predicted molar refractivity (Wildman–Crippen MR) is 90.0 cm³/mol. The molecule has 0 bridgehead atoms. The highest BCUT2D eigenvalue weighted by atomic mass is 32.2. The van der Waals surface area contributed by atoms with Crippen LogP contribution in [0.2, 0.25) is 0 Å². The maximum absolute atomic E-state index is 12.5. The molecule has 4 heteroatoms. The van der Waals surface area contributed by atoms with E-state index in [0.29, 0.717) is 11.7 Å². The summed E-state index contributed by atoms with van der Waals surface area (Å²) >= 11 is 1.88. The van der Waals surface area contributed by atoms with Crippen molar-refractivity contribution in [2.75, 3.05) is 18.8 Å². The Balaban J connectivity index is 1.59. The first-order valence-corrected chi connectivity index (χ1v) is 8.75. The Morgan fingerprint density at radius 2 is 2.23 bits per heavy atom. The van der Waals surface area contributed by atoms with Gasteiger partial charge >= 0.3 is 0 Å². The first kappa shape index (κ1) is 15.2. The van der Waals surface area contributed by atoms with Crippen LogP contribution < -0.4 is 0 Å². The first-order chi connectivity index (χ1) is 10.7. The van der Waals surface area contributed by atoms with E-state index in [0.717, 1.165) is 36.6 Å². The van der Waals surface area contributed by atoms with Crippen molar-refractivity contribution in [2.45, 2.75) is 25.0 Å². The summed E-state index contributed by atoms with van der Waals surface area (Å²) < 4.78 is 5.51. The number of nitrogens with zero attached hydrogens (tertiary/aromatic N) is 1. The van der Waals surface area contributed by atoms with E-state index in [1.807, 2.05) is 40.9 Å². The van der Waals surface area contributed by atoms with Crippen LogP contribution in [0.25, 0.3) is 0 Å². The van der Waals surface area contributed by atoms with Gasteiger partial charge in [-0.15, -0.1) is 11.8 Å². The van der Waals surface area contributed by atoms with Gasteiger partial charge in [-0.25, -0.2) is 0 Å². The molecule has 3 nitrogen and oxygen atoms in total. The first-order valence-electron chi connectivity index (χ1n) is 7.71. The maximum atomic E-state index is 12.5. The van der Waals surface area contributed by atoms with Crippen molar-refractivity contribution in [3.8, 4) is 0 Å². The molecule has 0 aliphatic carbocycles. The number of benzene rings is 1. The predicted octanol–water partition coefficient (Wildman–Crippen LogP) is 3.84. The third-order valence-electron chi connectivity index (χ3n) is 3.99. The topological polar surface area (TPSA) is 33.5 Å². The SMILES string of the molecule is Cc1cccc(CC(=O)N2CCS[C@@H](c3ccco3)CC2)c1. The molecule has 1 aromatic carbocycles. The van der Waals surface area contributed by atoms with Crippen LogP contribution in [0, 0.1) is 6.92 Å². The molecule has 0 radical (unpaired) electrons. The molecule has 3 rings (SSSR count). The number of amides is 1. The lowest BCUT2D eigenvalue weighted by molar-refractivity contribution is -0.130. The fraction of sp³-hybridized carbons (Fsp3) is 0.389. The molecule has 1 aromatic heterocycles. The highest BCUT2D eigenvalue weighted by molar-refractivity contribution is 7.99. The van der Waals surface area contributed by atoms with Gasteiger partial charge in [0.15, 0.2) is 0 Å². The summed E-state index contributed by atoms with van der Waals surface area (Å²) in [5.41, 5.74) is 2.30. The van der Waals surface area contributed by atoms with E-state index in [2.05, 4.69) is 19.1 Å². The molecule has 0 saturated carbocycles. The summed E-state index contributed by atoms with van der Waals surface area (Å²) in [5.74, 6) is 2.22. The molecule has 1 aliphatic heterocycles. The normalized spacial score (nSPS) is 19.0. The lowest BCUT2D eigenvalue weighted by atomic mass is 10.1. The number of hydrogen-bond acceptors (Lipinski definition) is 3. The van der Waals surface area contributed by atoms with Crippen LogP contribution in [-0.4, -0.2) is 29.6 Å². The number of aryl methyl sites for hydroxylation is 1. The minimum absolute atomic E-state index is 0.228. The molecule has 116 valence electrons. The standard InChI is InChI=1S/C18H21NO2S/c1-14-4-2-5-15(12-14)13-18(20)19-8-7-17(22-11-9-19)16-6-3-10-21-16/h2-6,10,12,17H,7-9,11,13H2,1H3/t17-/m1/s1. The highest BCUT2D eigenvalue weighted by Gasteiger charge is 2.23.